The third-order valence-electron chi connectivity index (χ3n) is 3.51. The van der Waals surface area contributed by atoms with Crippen molar-refractivity contribution < 1.29 is 9.53 Å². The molecule has 3 rings (SSSR count). The van der Waals surface area contributed by atoms with Crippen molar-refractivity contribution in [2.75, 3.05) is 6.54 Å². The number of para-hydroxylation sites is 1. The van der Waals surface area contributed by atoms with Gasteiger partial charge in [0.15, 0.2) is 0 Å². The van der Waals surface area contributed by atoms with Crippen molar-refractivity contribution in [3.05, 3.63) is 47.5 Å². The molecule has 0 fully saturated rings. The first kappa shape index (κ1) is 13.7. The Hall–Kier alpha value is -2.30. The number of benzene rings is 1. The first-order chi connectivity index (χ1) is 9.94. The zero-order valence-electron chi connectivity index (χ0n) is 12.5. The van der Waals surface area contributed by atoms with E-state index in [0.717, 1.165) is 17.1 Å². The molecule has 1 amide bonds. The fourth-order valence-electron chi connectivity index (χ4n) is 2.63. The maximum absolute atomic E-state index is 12.7. The minimum Gasteiger partial charge on any atom is -0.486 e. The van der Waals surface area contributed by atoms with Crippen LogP contribution in [0.5, 0.6) is 5.75 Å². The number of aryl methyl sites for hydroxylation is 1. The number of hydrogen-bond acceptors (Lipinski definition) is 3. The lowest BCUT2D eigenvalue weighted by atomic mass is 10.1. The molecule has 0 spiro atoms. The van der Waals surface area contributed by atoms with Crippen LogP contribution in [0.3, 0.4) is 0 Å². The van der Waals surface area contributed by atoms with Crippen LogP contribution in [0.1, 0.15) is 35.7 Å². The van der Waals surface area contributed by atoms with Crippen molar-refractivity contribution in [1.29, 1.82) is 0 Å². The summed E-state index contributed by atoms with van der Waals surface area (Å²) in [7, 11) is 0. The Morgan fingerprint density at radius 2 is 2.14 bits per heavy atom. The Morgan fingerprint density at radius 3 is 2.86 bits per heavy atom. The van der Waals surface area contributed by atoms with Crippen molar-refractivity contribution in [2.45, 2.75) is 32.9 Å². The number of amides is 1. The molecule has 1 aromatic heterocycles. The van der Waals surface area contributed by atoms with E-state index in [1.165, 1.54) is 0 Å². The summed E-state index contributed by atoms with van der Waals surface area (Å²) in [5.74, 6) is 1.53. The summed E-state index contributed by atoms with van der Waals surface area (Å²) in [5.41, 5.74) is 1.10. The van der Waals surface area contributed by atoms with Gasteiger partial charge in [-0.15, -0.1) is 0 Å². The van der Waals surface area contributed by atoms with Gasteiger partial charge in [-0.2, -0.15) is 0 Å². The zero-order valence-corrected chi connectivity index (χ0v) is 12.5. The first-order valence-electron chi connectivity index (χ1n) is 7.02. The zero-order chi connectivity index (χ0) is 15.0. The summed E-state index contributed by atoms with van der Waals surface area (Å²) < 4.78 is 6.05. The minimum atomic E-state index is -0.433. The average Bonchev–Trinajstić information content (AvgIpc) is 2.79. The number of imidazole rings is 1. The number of carbonyl (C=O) groups is 1. The van der Waals surface area contributed by atoms with Gasteiger partial charge < -0.3 is 14.6 Å². The number of nitrogens with one attached hydrogen (secondary N) is 1. The Balaban J connectivity index is 1.94. The van der Waals surface area contributed by atoms with E-state index in [-0.39, 0.29) is 5.91 Å². The van der Waals surface area contributed by atoms with Crippen LogP contribution in [-0.2, 0) is 6.54 Å². The molecule has 1 aliphatic heterocycles. The standard InChI is InChI=1S/C16H19N3O2/c1-11-17-8-13(18-11)15(20)19-9-12-6-4-5-7-14(12)21-16(2,3)10-19/h4-8H,9-10H2,1-3H3,(H,17,18). The molecule has 0 saturated carbocycles. The second kappa shape index (κ2) is 4.91. The fourth-order valence-corrected chi connectivity index (χ4v) is 2.63. The second-order valence-electron chi connectivity index (χ2n) is 6.01. The molecule has 1 aromatic carbocycles. The Morgan fingerprint density at radius 1 is 1.38 bits per heavy atom. The summed E-state index contributed by atoms with van der Waals surface area (Å²) in [4.78, 5) is 21.6. The van der Waals surface area contributed by atoms with Gasteiger partial charge in [0.25, 0.3) is 5.91 Å². The predicted molar refractivity (Wildman–Crippen MR) is 79.2 cm³/mol. The Kier molecular flexibility index (Phi) is 3.20. The van der Waals surface area contributed by atoms with Crippen molar-refractivity contribution in [3.63, 3.8) is 0 Å². The number of hydrogen-bond donors (Lipinski definition) is 1. The van der Waals surface area contributed by atoms with Crippen LogP contribution in [-0.4, -0.2) is 32.9 Å². The van der Waals surface area contributed by atoms with Gasteiger partial charge in [-0.3, -0.25) is 4.79 Å². The highest BCUT2D eigenvalue weighted by atomic mass is 16.5. The lowest BCUT2D eigenvalue weighted by Gasteiger charge is -2.29. The molecule has 0 bridgehead atoms. The molecule has 0 unspecified atom stereocenters. The molecule has 0 atom stereocenters. The van der Waals surface area contributed by atoms with E-state index in [1.807, 2.05) is 45.0 Å². The van der Waals surface area contributed by atoms with Crippen molar-refractivity contribution >= 4 is 5.91 Å². The van der Waals surface area contributed by atoms with Crippen LogP contribution >= 0.6 is 0 Å². The number of carbonyl (C=O) groups excluding carboxylic acids is 1. The highest BCUT2D eigenvalue weighted by molar-refractivity contribution is 5.92. The van der Waals surface area contributed by atoms with Gasteiger partial charge in [-0.25, -0.2) is 4.98 Å². The monoisotopic (exact) mass is 285 g/mol. The SMILES string of the molecule is Cc1ncc(C(=O)N2Cc3ccccc3OC(C)(C)C2)[nH]1. The van der Waals surface area contributed by atoms with Crippen molar-refractivity contribution in [2.24, 2.45) is 0 Å². The van der Waals surface area contributed by atoms with Crippen molar-refractivity contribution in [1.82, 2.24) is 14.9 Å². The molecule has 21 heavy (non-hydrogen) atoms. The van der Waals surface area contributed by atoms with Crippen LogP contribution in [0.2, 0.25) is 0 Å². The molecule has 0 aliphatic carbocycles. The normalized spacial score (nSPS) is 16.8. The molecular formula is C16H19N3O2. The molecule has 2 aromatic rings. The predicted octanol–water partition coefficient (Wildman–Crippen LogP) is 2.53. The van der Waals surface area contributed by atoms with E-state index < -0.39 is 5.60 Å². The molecule has 2 heterocycles. The number of fused-ring (bicyclic) bond motifs is 1. The van der Waals surface area contributed by atoms with Crippen LogP contribution in [0.15, 0.2) is 30.5 Å². The van der Waals surface area contributed by atoms with Gasteiger partial charge in [0.1, 0.15) is 22.9 Å². The molecule has 0 radical (unpaired) electrons. The number of aromatic nitrogens is 2. The highest BCUT2D eigenvalue weighted by Crippen LogP contribution is 2.29. The minimum absolute atomic E-state index is 0.0519. The molecular weight excluding hydrogens is 266 g/mol. The number of H-pyrrole nitrogens is 1. The maximum Gasteiger partial charge on any atom is 0.272 e. The smallest absolute Gasteiger partial charge is 0.272 e. The van der Waals surface area contributed by atoms with Crippen LogP contribution in [0.25, 0.3) is 0 Å². The van der Waals surface area contributed by atoms with E-state index in [1.54, 1.807) is 11.1 Å². The highest BCUT2D eigenvalue weighted by Gasteiger charge is 2.32. The quantitative estimate of drug-likeness (QED) is 0.876. The van der Waals surface area contributed by atoms with Gasteiger partial charge in [-0.05, 0) is 26.8 Å². The summed E-state index contributed by atoms with van der Waals surface area (Å²) in [6, 6.07) is 7.86. The van der Waals surface area contributed by atoms with Gasteiger partial charge in [0.05, 0.1) is 12.7 Å². The molecule has 1 aliphatic rings. The van der Waals surface area contributed by atoms with Gasteiger partial charge in [0, 0.05) is 12.1 Å². The van der Waals surface area contributed by atoms with Gasteiger partial charge >= 0.3 is 0 Å². The topological polar surface area (TPSA) is 58.2 Å². The summed E-state index contributed by atoms with van der Waals surface area (Å²) in [6.07, 6.45) is 1.59. The second-order valence-corrected chi connectivity index (χ2v) is 6.01. The summed E-state index contributed by atoms with van der Waals surface area (Å²) in [5, 5.41) is 0. The largest absolute Gasteiger partial charge is 0.486 e. The van der Waals surface area contributed by atoms with Gasteiger partial charge in [0.2, 0.25) is 0 Å². The number of rotatable bonds is 1. The number of nitrogens with zero attached hydrogens (tertiary/aromatic N) is 2. The third kappa shape index (κ3) is 2.77. The molecule has 5 nitrogen and oxygen atoms in total. The number of ether oxygens (including phenoxy) is 1. The van der Waals surface area contributed by atoms with E-state index in [2.05, 4.69) is 9.97 Å². The Bertz CT molecular complexity index is 676. The summed E-state index contributed by atoms with van der Waals surface area (Å²) in [6.45, 7) is 6.89. The first-order valence-corrected chi connectivity index (χ1v) is 7.02. The average molecular weight is 285 g/mol. The van der Waals surface area contributed by atoms with Gasteiger partial charge in [-0.1, -0.05) is 18.2 Å². The van der Waals surface area contributed by atoms with E-state index in [0.29, 0.717) is 18.8 Å². The third-order valence-corrected chi connectivity index (χ3v) is 3.51. The summed E-state index contributed by atoms with van der Waals surface area (Å²) >= 11 is 0. The number of aromatic amines is 1. The van der Waals surface area contributed by atoms with Crippen LogP contribution in [0, 0.1) is 6.92 Å². The van der Waals surface area contributed by atoms with Crippen LogP contribution in [0.4, 0.5) is 0 Å². The van der Waals surface area contributed by atoms with E-state index >= 15 is 0 Å². The molecule has 110 valence electrons. The van der Waals surface area contributed by atoms with Crippen LogP contribution < -0.4 is 4.74 Å². The fraction of sp³-hybridized carbons (Fsp3) is 0.375. The lowest BCUT2D eigenvalue weighted by Crippen LogP contribution is -2.43. The lowest BCUT2D eigenvalue weighted by molar-refractivity contribution is 0.0496. The molecule has 5 heteroatoms. The molecule has 1 N–H and O–H groups in total. The Labute approximate surface area is 124 Å². The molecule has 0 saturated heterocycles. The van der Waals surface area contributed by atoms with E-state index in [4.69, 9.17) is 4.74 Å². The maximum atomic E-state index is 12.7. The van der Waals surface area contributed by atoms with E-state index in [9.17, 15) is 4.79 Å². The van der Waals surface area contributed by atoms with Crippen molar-refractivity contribution in [3.8, 4) is 5.75 Å².